The van der Waals surface area contributed by atoms with Gasteiger partial charge in [-0.25, -0.2) is 0 Å². The predicted molar refractivity (Wildman–Crippen MR) is 94.2 cm³/mol. The van der Waals surface area contributed by atoms with Crippen LogP contribution in [0.3, 0.4) is 0 Å². The van der Waals surface area contributed by atoms with Crippen molar-refractivity contribution in [2.75, 3.05) is 5.32 Å². The number of carbonyl (C=O) groups is 1. The van der Waals surface area contributed by atoms with Crippen LogP contribution in [0, 0.1) is 0 Å². The monoisotopic (exact) mass is 386 g/mol. The Balaban J connectivity index is 1.91. The van der Waals surface area contributed by atoms with Crippen molar-refractivity contribution in [1.82, 2.24) is 5.32 Å². The smallest absolute Gasteiger partial charge is 0.406 e. The summed E-state index contributed by atoms with van der Waals surface area (Å²) in [7, 11) is 0. The van der Waals surface area contributed by atoms with Gasteiger partial charge in [-0.05, 0) is 55.8 Å². The first-order valence-electron chi connectivity index (χ1n) is 7.82. The fourth-order valence-electron chi connectivity index (χ4n) is 2.29. The van der Waals surface area contributed by atoms with Gasteiger partial charge in [-0.3, -0.25) is 10.1 Å². The minimum atomic E-state index is -4.75. The van der Waals surface area contributed by atoms with Crippen LogP contribution >= 0.6 is 11.6 Å². The summed E-state index contributed by atoms with van der Waals surface area (Å²) < 4.78 is 40.2. The van der Waals surface area contributed by atoms with Crippen LogP contribution in [-0.4, -0.2) is 18.3 Å². The molecule has 2 aromatic rings. The highest BCUT2D eigenvalue weighted by atomic mass is 35.5. The molecule has 2 N–H and O–H groups in total. The van der Waals surface area contributed by atoms with Crippen LogP contribution in [0.2, 0.25) is 5.02 Å². The second kappa shape index (κ2) is 8.42. The molecule has 2 unspecified atom stereocenters. The molecule has 2 rings (SSSR count). The second-order valence-corrected chi connectivity index (χ2v) is 6.16. The highest BCUT2D eigenvalue weighted by Crippen LogP contribution is 2.24. The maximum Gasteiger partial charge on any atom is 0.573 e. The van der Waals surface area contributed by atoms with E-state index >= 15 is 0 Å². The first-order chi connectivity index (χ1) is 12.1. The van der Waals surface area contributed by atoms with Crippen molar-refractivity contribution in [3.63, 3.8) is 0 Å². The lowest BCUT2D eigenvalue weighted by Gasteiger charge is -2.20. The maximum absolute atomic E-state index is 12.2. The summed E-state index contributed by atoms with van der Waals surface area (Å²) in [5.41, 5.74) is 1.35. The summed E-state index contributed by atoms with van der Waals surface area (Å²) in [6, 6.07) is 11.6. The highest BCUT2D eigenvalue weighted by molar-refractivity contribution is 6.30. The van der Waals surface area contributed by atoms with E-state index in [2.05, 4.69) is 15.4 Å². The number of benzene rings is 2. The van der Waals surface area contributed by atoms with Crippen molar-refractivity contribution >= 4 is 23.2 Å². The Labute approximate surface area is 154 Å². The Morgan fingerprint density at radius 2 is 1.62 bits per heavy atom. The highest BCUT2D eigenvalue weighted by Gasteiger charge is 2.31. The summed E-state index contributed by atoms with van der Waals surface area (Å²) in [6.07, 6.45) is -4.75. The summed E-state index contributed by atoms with van der Waals surface area (Å²) in [5.74, 6) is -0.659. The molecular formula is C18H18ClF3N2O2. The summed E-state index contributed by atoms with van der Waals surface area (Å²) in [4.78, 5) is 12.2. The number of rotatable bonds is 6. The molecule has 0 aromatic heterocycles. The number of alkyl halides is 3. The molecular weight excluding hydrogens is 369 g/mol. The molecule has 0 saturated heterocycles. The lowest BCUT2D eigenvalue weighted by atomic mass is 10.1. The number of halogens is 4. The van der Waals surface area contributed by atoms with Crippen molar-refractivity contribution in [2.45, 2.75) is 32.3 Å². The van der Waals surface area contributed by atoms with E-state index in [1.807, 2.05) is 19.1 Å². The van der Waals surface area contributed by atoms with Crippen LogP contribution in [-0.2, 0) is 4.79 Å². The van der Waals surface area contributed by atoms with Gasteiger partial charge >= 0.3 is 6.36 Å². The number of nitrogens with one attached hydrogen (secondary N) is 2. The molecule has 1 amide bonds. The van der Waals surface area contributed by atoms with Gasteiger partial charge in [0.05, 0.1) is 6.04 Å². The van der Waals surface area contributed by atoms with E-state index in [0.29, 0.717) is 10.7 Å². The van der Waals surface area contributed by atoms with Gasteiger partial charge in [-0.15, -0.1) is 13.2 Å². The molecule has 0 fully saturated rings. The van der Waals surface area contributed by atoms with Gasteiger partial charge in [0.1, 0.15) is 5.75 Å². The van der Waals surface area contributed by atoms with Crippen LogP contribution in [0.4, 0.5) is 18.9 Å². The van der Waals surface area contributed by atoms with Gasteiger partial charge in [0.2, 0.25) is 5.91 Å². The first-order valence-corrected chi connectivity index (χ1v) is 8.20. The van der Waals surface area contributed by atoms with Gasteiger partial charge < -0.3 is 10.1 Å². The largest absolute Gasteiger partial charge is 0.573 e. The molecule has 0 bridgehead atoms. The van der Waals surface area contributed by atoms with E-state index < -0.39 is 12.4 Å². The average Bonchev–Trinajstić information content (AvgIpc) is 2.55. The molecule has 2 atom stereocenters. The average molecular weight is 387 g/mol. The van der Waals surface area contributed by atoms with Gasteiger partial charge in [0, 0.05) is 16.8 Å². The number of amides is 1. The Hall–Kier alpha value is -2.25. The van der Waals surface area contributed by atoms with Crippen LogP contribution < -0.4 is 15.4 Å². The van der Waals surface area contributed by atoms with E-state index in [1.54, 1.807) is 19.1 Å². The van der Waals surface area contributed by atoms with E-state index in [9.17, 15) is 18.0 Å². The molecule has 0 saturated carbocycles. The standard InChI is InChI=1S/C18H18ClF3N2O2/c1-11(13-3-5-14(19)6-4-13)23-12(2)17(25)24-15-7-9-16(10-8-15)26-18(20,21)22/h3-12,23H,1-2H3,(H,24,25). The van der Waals surface area contributed by atoms with Crippen molar-refractivity contribution in [3.8, 4) is 5.75 Å². The normalized spacial score (nSPS) is 13.8. The number of hydrogen-bond donors (Lipinski definition) is 2. The first kappa shape index (κ1) is 20.1. The molecule has 140 valence electrons. The molecule has 0 radical (unpaired) electrons. The third kappa shape index (κ3) is 6.24. The van der Waals surface area contributed by atoms with Crippen LogP contribution in [0.5, 0.6) is 5.75 Å². The summed E-state index contributed by atoms with van der Waals surface area (Å²) in [6.45, 7) is 3.61. The van der Waals surface area contributed by atoms with Crippen LogP contribution in [0.15, 0.2) is 48.5 Å². The van der Waals surface area contributed by atoms with E-state index in [4.69, 9.17) is 11.6 Å². The third-order valence-corrected chi connectivity index (χ3v) is 3.87. The Morgan fingerprint density at radius 3 is 2.15 bits per heavy atom. The topological polar surface area (TPSA) is 50.4 Å². The van der Waals surface area contributed by atoms with Crippen LogP contribution in [0.25, 0.3) is 0 Å². The molecule has 4 nitrogen and oxygen atoms in total. The summed E-state index contributed by atoms with van der Waals surface area (Å²) >= 11 is 5.85. The molecule has 2 aromatic carbocycles. The number of carbonyl (C=O) groups excluding carboxylic acids is 1. The Kier molecular flexibility index (Phi) is 6.50. The minimum Gasteiger partial charge on any atom is -0.406 e. The molecule has 0 aliphatic heterocycles. The molecule has 0 spiro atoms. The number of ether oxygens (including phenoxy) is 1. The second-order valence-electron chi connectivity index (χ2n) is 5.72. The minimum absolute atomic E-state index is 0.0874. The molecule has 0 aliphatic carbocycles. The maximum atomic E-state index is 12.2. The molecule has 0 heterocycles. The third-order valence-electron chi connectivity index (χ3n) is 3.62. The van der Waals surface area contributed by atoms with Crippen LogP contribution in [0.1, 0.15) is 25.5 Å². The molecule has 26 heavy (non-hydrogen) atoms. The predicted octanol–water partition coefficient (Wildman–Crippen LogP) is 4.92. The fourth-order valence-corrected chi connectivity index (χ4v) is 2.41. The van der Waals surface area contributed by atoms with E-state index in [0.717, 1.165) is 17.7 Å². The SMILES string of the molecule is CC(NC(C)c1ccc(Cl)cc1)C(=O)Nc1ccc(OC(F)(F)F)cc1. The zero-order chi connectivity index (χ0) is 19.3. The molecule has 8 heteroatoms. The van der Waals surface area contributed by atoms with E-state index in [1.165, 1.54) is 12.1 Å². The Bertz CT molecular complexity index is 734. The van der Waals surface area contributed by atoms with Crippen molar-refractivity contribution in [3.05, 3.63) is 59.1 Å². The lowest BCUT2D eigenvalue weighted by molar-refractivity contribution is -0.274. The van der Waals surface area contributed by atoms with Gasteiger partial charge in [0.15, 0.2) is 0 Å². The zero-order valence-corrected chi connectivity index (χ0v) is 14.9. The van der Waals surface area contributed by atoms with Gasteiger partial charge in [0.25, 0.3) is 0 Å². The van der Waals surface area contributed by atoms with Gasteiger partial charge in [-0.2, -0.15) is 0 Å². The van der Waals surface area contributed by atoms with Crippen molar-refractivity contribution < 1.29 is 22.7 Å². The lowest BCUT2D eigenvalue weighted by Crippen LogP contribution is -2.39. The Morgan fingerprint density at radius 1 is 1.04 bits per heavy atom. The fraction of sp³-hybridized carbons (Fsp3) is 0.278. The number of anilines is 1. The van der Waals surface area contributed by atoms with E-state index in [-0.39, 0.29) is 17.7 Å². The van der Waals surface area contributed by atoms with Gasteiger partial charge in [-0.1, -0.05) is 23.7 Å². The van der Waals surface area contributed by atoms with Crippen molar-refractivity contribution in [1.29, 1.82) is 0 Å². The zero-order valence-electron chi connectivity index (χ0n) is 14.1. The summed E-state index contributed by atoms with van der Waals surface area (Å²) in [5, 5.41) is 6.42. The number of hydrogen-bond acceptors (Lipinski definition) is 3. The van der Waals surface area contributed by atoms with Crippen molar-refractivity contribution in [2.24, 2.45) is 0 Å². The quantitative estimate of drug-likeness (QED) is 0.741. The molecule has 0 aliphatic rings.